The van der Waals surface area contributed by atoms with Gasteiger partial charge in [0.25, 0.3) is 0 Å². The highest BCUT2D eigenvalue weighted by Gasteiger charge is 2.38. The van der Waals surface area contributed by atoms with Crippen LogP contribution in [-0.2, 0) is 38.4 Å². The van der Waals surface area contributed by atoms with E-state index >= 15 is 0 Å². The number of hydrogen-bond donors (Lipinski definition) is 1. The molecule has 3 aliphatic heterocycles. The summed E-state index contributed by atoms with van der Waals surface area (Å²) in [6.07, 6.45) is 4.98. The second kappa shape index (κ2) is 16.4. The molecule has 2 bridgehead atoms. The van der Waals surface area contributed by atoms with Crippen molar-refractivity contribution < 1.29 is 33.5 Å². The van der Waals surface area contributed by atoms with E-state index in [4.69, 9.17) is 42.1 Å². The average molecular weight is 726 g/mol. The maximum absolute atomic E-state index is 13.5. The number of thiophene rings is 1. The van der Waals surface area contributed by atoms with E-state index in [-0.39, 0.29) is 24.9 Å². The number of nitrogens with zero attached hydrogens (tertiary/aromatic N) is 1. The number of rotatable bonds is 14. The quantitative estimate of drug-likeness (QED) is 0.149. The van der Waals surface area contributed by atoms with Crippen LogP contribution in [0.5, 0.6) is 11.5 Å². The number of fused-ring (bicyclic) bond motifs is 3. The van der Waals surface area contributed by atoms with Gasteiger partial charge in [0.2, 0.25) is 0 Å². The fourth-order valence-corrected chi connectivity index (χ4v) is 8.03. The summed E-state index contributed by atoms with van der Waals surface area (Å²) in [5, 5.41) is 4.29. The molecule has 3 fully saturated rings. The van der Waals surface area contributed by atoms with Crippen LogP contribution in [0.1, 0.15) is 51.4 Å². The van der Waals surface area contributed by atoms with Gasteiger partial charge in [-0.1, -0.05) is 59.6 Å². The van der Waals surface area contributed by atoms with Crippen molar-refractivity contribution in [2.45, 2.75) is 50.5 Å². The minimum absolute atomic E-state index is 0.0716. The highest BCUT2D eigenvalue weighted by Crippen LogP contribution is 2.36. The number of nitrogens with one attached hydrogen (secondary N) is 2. The van der Waals surface area contributed by atoms with E-state index in [0.717, 1.165) is 47.8 Å². The Bertz CT molecular complexity index is 1730. The molecule has 0 amide bonds. The maximum atomic E-state index is 13.5. The molecule has 49 heavy (non-hydrogen) atoms. The van der Waals surface area contributed by atoms with Crippen LogP contribution in [0.15, 0.2) is 73.1 Å². The van der Waals surface area contributed by atoms with Gasteiger partial charge < -0.3 is 18.9 Å². The summed E-state index contributed by atoms with van der Waals surface area (Å²) in [5.74, 6) is 0.832. The number of benzene rings is 2. The van der Waals surface area contributed by atoms with Crippen molar-refractivity contribution in [2.75, 3.05) is 33.9 Å². The topological polar surface area (TPSA) is 100 Å². The van der Waals surface area contributed by atoms with E-state index in [2.05, 4.69) is 15.2 Å². The number of aromatic amines is 1. The number of piperidine rings is 3. The molecule has 0 saturated carbocycles. The summed E-state index contributed by atoms with van der Waals surface area (Å²) in [6, 6.07) is 18.3. The standard InChI is InChI=1S/C37H39Cl2N3O6S/c1-45-31-11-8-25(16-33(31)46-2)32(18-28-29(38)20-40-21-30(28)39)47-35(43)17-26-9-10-27(49-26)19-41-36(24-6-4-3-5-7-24)37(44)48-34-22-42-14-12-23(34)13-15-42/h3-11,16,20-21,23,32,34,36,41H,12-15,17-19,22H2,1-2H3/p+1/t32-,34-,36?/m0/s1. The highest BCUT2D eigenvalue weighted by molar-refractivity contribution is 7.12. The number of halogens is 2. The Morgan fingerprint density at radius 3 is 2.33 bits per heavy atom. The minimum atomic E-state index is -0.695. The Hall–Kier alpha value is -3.67. The monoisotopic (exact) mass is 724 g/mol. The fraction of sp³-hybridized carbons (Fsp3) is 0.378. The first-order valence-electron chi connectivity index (χ1n) is 16.4. The SMILES string of the molecule is COc1ccc([C@H](Cc2c(Cl)c[nH+]cc2Cl)OC(=O)Cc2ccc(CNC(C(=O)O[C@H]3CN4CCC3CC4)c3ccccc3)s2)cc1OC. The van der Waals surface area contributed by atoms with Gasteiger partial charge in [0.05, 0.1) is 20.6 Å². The van der Waals surface area contributed by atoms with E-state index in [1.165, 1.54) is 11.3 Å². The van der Waals surface area contributed by atoms with Crippen molar-refractivity contribution in [3.63, 3.8) is 0 Å². The molecule has 0 aliphatic carbocycles. The molecule has 7 rings (SSSR count). The van der Waals surface area contributed by atoms with E-state index in [1.807, 2.05) is 48.5 Å². The highest BCUT2D eigenvalue weighted by atomic mass is 35.5. The normalized spacial score (nSPS) is 19.6. The Labute approximate surface area is 300 Å². The van der Waals surface area contributed by atoms with Crippen molar-refractivity contribution in [2.24, 2.45) is 5.92 Å². The largest absolute Gasteiger partial charge is 0.493 e. The van der Waals surface area contributed by atoms with Crippen LogP contribution in [0.3, 0.4) is 0 Å². The third-order valence-electron chi connectivity index (χ3n) is 9.19. The Balaban J connectivity index is 1.12. The van der Waals surface area contributed by atoms with Crippen LogP contribution in [-0.4, -0.2) is 56.8 Å². The van der Waals surface area contributed by atoms with Gasteiger partial charge in [-0.3, -0.25) is 15.0 Å². The fourth-order valence-electron chi connectivity index (χ4n) is 6.54. The molecule has 2 N–H and O–H groups in total. The predicted octanol–water partition coefficient (Wildman–Crippen LogP) is 6.42. The molecule has 3 aliphatic rings. The third kappa shape index (κ3) is 8.74. The number of esters is 2. The number of aromatic nitrogens is 1. The van der Waals surface area contributed by atoms with Gasteiger partial charge in [0, 0.05) is 34.8 Å². The average Bonchev–Trinajstić information content (AvgIpc) is 3.56. The van der Waals surface area contributed by atoms with E-state index in [1.54, 1.807) is 38.7 Å². The third-order valence-corrected chi connectivity index (χ3v) is 10.9. The van der Waals surface area contributed by atoms with Gasteiger partial charge in [-0.25, -0.2) is 9.78 Å². The zero-order valence-electron chi connectivity index (χ0n) is 27.5. The first kappa shape index (κ1) is 35.2. The van der Waals surface area contributed by atoms with Crippen molar-refractivity contribution in [3.8, 4) is 11.5 Å². The Morgan fingerprint density at radius 2 is 1.65 bits per heavy atom. The van der Waals surface area contributed by atoms with Gasteiger partial charge in [-0.2, -0.15) is 0 Å². The zero-order chi connectivity index (χ0) is 34.3. The lowest BCUT2D eigenvalue weighted by atomic mass is 9.86. The zero-order valence-corrected chi connectivity index (χ0v) is 29.8. The molecule has 4 aromatic rings. The summed E-state index contributed by atoms with van der Waals surface area (Å²) in [5.41, 5.74) is 2.21. The van der Waals surface area contributed by atoms with Crippen molar-refractivity contribution >= 4 is 46.5 Å². The van der Waals surface area contributed by atoms with Gasteiger partial charge in [-0.15, -0.1) is 11.3 Å². The molecule has 0 radical (unpaired) electrons. The smallest absolute Gasteiger partial charge is 0.328 e. The maximum Gasteiger partial charge on any atom is 0.328 e. The molecule has 1 unspecified atom stereocenters. The van der Waals surface area contributed by atoms with Crippen molar-refractivity contribution in [1.29, 1.82) is 0 Å². The van der Waals surface area contributed by atoms with Crippen molar-refractivity contribution in [3.05, 3.63) is 110 Å². The molecule has 2 aromatic heterocycles. The van der Waals surface area contributed by atoms with E-state index in [9.17, 15) is 9.59 Å². The number of carbonyl (C=O) groups is 2. The number of ether oxygens (including phenoxy) is 4. The molecule has 3 atom stereocenters. The van der Waals surface area contributed by atoms with Crippen LogP contribution < -0.4 is 19.8 Å². The van der Waals surface area contributed by atoms with Gasteiger partial charge in [-0.05, 0) is 67.2 Å². The molecule has 12 heteroatoms. The molecule has 9 nitrogen and oxygen atoms in total. The second-order valence-corrected chi connectivity index (χ2v) is 14.4. The molecular weight excluding hydrogens is 685 g/mol. The van der Waals surface area contributed by atoms with E-state index < -0.39 is 18.1 Å². The van der Waals surface area contributed by atoms with Crippen LogP contribution >= 0.6 is 34.5 Å². The Morgan fingerprint density at radius 1 is 0.939 bits per heavy atom. The van der Waals surface area contributed by atoms with E-state index in [0.29, 0.717) is 45.1 Å². The Kier molecular flexibility index (Phi) is 11.7. The first-order chi connectivity index (χ1) is 23.8. The van der Waals surface area contributed by atoms with Gasteiger partial charge in [0.1, 0.15) is 28.3 Å². The number of hydrogen-bond acceptors (Lipinski definition) is 9. The van der Waals surface area contributed by atoms with Gasteiger partial charge in [0.15, 0.2) is 23.9 Å². The van der Waals surface area contributed by atoms with Gasteiger partial charge >= 0.3 is 11.9 Å². The minimum Gasteiger partial charge on any atom is -0.493 e. The number of carbonyl (C=O) groups excluding carboxylic acids is 2. The summed E-state index contributed by atoms with van der Waals surface area (Å²) in [7, 11) is 3.11. The van der Waals surface area contributed by atoms with Crippen molar-refractivity contribution in [1.82, 2.24) is 10.2 Å². The van der Waals surface area contributed by atoms with Crippen LogP contribution in [0.4, 0.5) is 0 Å². The number of H-pyrrole nitrogens is 1. The summed E-state index contributed by atoms with van der Waals surface area (Å²) < 4.78 is 23.1. The summed E-state index contributed by atoms with van der Waals surface area (Å²) >= 11 is 14.4. The molecular formula is C37H40Cl2N3O6S+. The second-order valence-electron chi connectivity index (χ2n) is 12.3. The first-order valence-corrected chi connectivity index (χ1v) is 17.9. The summed E-state index contributed by atoms with van der Waals surface area (Å²) in [6.45, 7) is 3.40. The molecule has 3 saturated heterocycles. The molecule has 258 valence electrons. The summed E-state index contributed by atoms with van der Waals surface area (Å²) in [4.78, 5) is 34.0. The van der Waals surface area contributed by atoms with Crippen LogP contribution in [0, 0.1) is 5.92 Å². The molecule has 0 spiro atoms. The lowest BCUT2D eigenvalue weighted by Crippen LogP contribution is -2.52. The number of methoxy groups -OCH3 is 2. The lowest BCUT2D eigenvalue weighted by molar-refractivity contribution is -0.377. The molecule has 5 heterocycles. The molecule has 2 aromatic carbocycles. The number of pyridine rings is 1. The predicted molar refractivity (Wildman–Crippen MR) is 188 cm³/mol. The van der Waals surface area contributed by atoms with Crippen LogP contribution in [0.25, 0.3) is 0 Å². The van der Waals surface area contributed by atoms with Crippen LogP contribution in [0.2, 0.25) is 10.0 Å². The lowest BCUT2D eigenvalue weighted by Gasteiger charge is -2.44.